The van der Waals surface area contributed by atoms with Crippen LogP contribution < -0.4 is 15.5 Å². The molecule has 0 spiro atoms. The zero-order valence-corrected chi connectivity index (χ0v) is 16.8. The van der Waals surface area contributed by atoms with Crippen LogP contribution in [0.5, 0.6) is 5.75 Å². The average molecular weight is 382 g/mol. The molecule has 0 amide bonds. The van der Waals surface area contributed by atoms with Gasteiger partial charge in [0.1, 0.15) is 5.75 Å². The van der Waals surface area contributed by atoms with Gasteiger partial charge in [-0.2, -0.15) is 5.10 Å². The number of hydrogen-bond donors (Lipinski definition) is 2. The monoisotopic (exact) mass is 381 g/mol. The largest absolute Gasteiger partial charge is 0.495 e. The van der Waals surface area contributed by atoms with E-state index in [2.05, 4.69) is 41.0 Å². The Balaban J connectivity index is 1.98. The van der Waals surface area contributed by atoms with E-state index in [0.29, 0.717) is 5.11 Å². The van der Waals surface area contributed by atoms with Gasteiger partial charge in [-0.3, -0.25) is 5.43 Å². The summed E-state index contributed by atoms with van der Waals surface area (Å²) in [6.07, 6.45) is 8.55. The number of anilines is 1. The number of hydrogen-bond acceptors (Lipinski definition) is 3. The second-order valence-electron chi connectivity index (χ2n) is 6.11. The molecule has 0 aliphatic heterocycles. The Morgan fingerprint density at radius 3 is 2.56 bits per heavy atom. The van der Waals surface area contributed by atoms with Crippen LogP contribution in [0.25, 0.3) is 6.08 Å². The summed E-state index contributed by atoms with van der Waals surface area (Å²) < 4.78 is 5.31. The van der Waals surface area contributed by atoms with Crippen LogP contribution in [0.4, 0.5) is 5.69 Å². The van der Waals surface area contributed by atoms with Crippen LogP contribution in [0.1, 0.15) is 38.2 Å². The molecule has 0 aliphatic rings. The molecule has 0 bridgehead atoms. The first kappa shape index (κ1) is 20.6. The van der Waals surface area contributed by atoms with Crippen molar-refractivity contribution in [2.45, 2.75) is 32.6 Å². The maximum atomic E-state index is 5.32. The highest BCUT2D eigenvalue weighted by Crippen LogP contribution is 2.22. The van der Waals surface area contributed by atoms with Gasteiger partial charge in [0.2, 0.25) is 0 Å². The molecule has 2 rings (SSSR count). The van der Waals surface area contributed by atoms with Gasteiger partial charge >= 0.3 is 0 Å². The van der Waals surface area contributed by atoms with E-state index < -0.39 is 0 Å². The maximum Gasteiger partial charge on any atom is 0.191 e. The molecule has 0 unspecified atom stereocenters. The lowest BCUT2D eigenvalue weighted by atomic mass is 10.1. The smallest absolute Gasteiger partial charge is 0.191 e. The standard InChI is InChI=1S/C22H27N3OS/c1-3-4-6-13-19(16-18-11-7-5-8-12-18)17-23-25-22(27)24-20-14-9-10-15-21(20)26-2/h5,7-12,14-17H,3-4,6,13H2,1-2H3,(H2,24,25,27)/b19-16+,23-17-. The van der Waals surface area contributed by atoms with Crippen molar-refractivity contribution in [1.29, 1.82) is 0 Å². The van der Waals surface area contributed by atoms with E-state index in [1.165, 1.54) is 24.0 Å². The van der Waals surface area contributed by atoms with E-state index in [-0.39, 0.29) is 0 Å². The first-order valence-corrected chi connectivity index (χ1v) is 9.62. The molecule has 2 aromatic rings. The summed E-state index contributed by atoms with van der Waals surface area (Å²) in [4.78, 5) is 0. The zero-order valence-electron chi connectivity index (χ0n) is 15.9. The minimum Gasteiger partial charge on any atom is -0.495 e. The van der Waals surface area contributed by atoms with E-state index in [4.69, 9.17) is 17.0 Å². The normalized spacial score (nSPS) is 11.4. The van der Waals surface area contributed by atoms with Crippen LogP contribution in [0.15, 0.2) is 65.3 Å². The molecule has 0 saturated heterocycles. The second kappa shape index (κ2) is 11.9. The van der Waals surface area contributed by atoms with Gasteiger partial charge in [0.25, 0.3) is 0 Å². The van der Waals surface area contributed by atoms with Crippen LogP contribution in [0, 0.1) is 0 Å². The number of hydrazone groups is 1. The van der Waals surface area contributed by atoms with Crippen molar-refractivity contribution in [3.8, 4) is 5.75 Å². The molecule has 142 valence electrons. The lowest BCUT2D eigenvalue weighted by molar-refractivity contribution is 0.417. The summed E-state index contributed by atoms with van der Waals surface area (Å²) in [6.45, 7) is 2.21. The molecular weight excluding hydrogens is 354 g/mol. The SMILES string of the molecule is CCCCCC(/C=N\NC(=S)Nc1ccccc1OC)=C\c1ccccc1. The number of nitrogens with one attached hydrogen (secondary N) is 2. The molecule has 0 fully saturated rings. The molecule has 27 heavy (non-hydrogen) atoms. The van der Waals surface area contributed by atoms with Crippen molar-refractivity contribution < 1.29 is 4.74 Å². The molecule has 0 aromatic heterocycles. The molecule has 0 heterocycles. The van der Waals surface area contributed by atoms with Gasteiger partial charge < -0.3 is 10.1 Å². The molecule has 0 radical (unpaired) electrons. The minimum absolute atomic E-state index is 0.420. The first-order valence-electron chi connectivity index (χ1n) is 9.21. The summed E-state index contributed by atoms with van der Waals surface area (Å²) in [6, 6.07) is 17.9. The van der Waals surface area contributed by atoms with Gasteiger partial charge in [0.15, 0.2) is 5.11 Å². The lowest BCUT2D eigenvalue weighted by Gasteiger charge is -2.11. The summed E-state index contributed by atoms with van der Waals surface area (Å²) in [5, 5.41) is 7.83. The van der Waals surface area contributed by atoms with Crippen molar-refractivity contribution >= 4 is 35.3 Å². The number of benzene rings is 2. The Morgan fingerprint density at radius 2 is 1.81 bits per heavy atom. The van der Waals surface area contributed by atoms with E-state index in [9.17, 15) is 0 Å². The molecule has 2 N–H and O–H groups in total. The van der Waals surface area contributed by atoms with Crippen molar-refractivity contribution in [2.75, 3.05) is 12.4 Å². The van der Waals surface area contributed by atoms with Gasteiger partial charge in [0.05, 0.1) is 19.0 Å². The Bertz CT molecular complexity index is 772. The number of nitrogens with zero attached hydrogens (tertiary/aromatic N) is 1. The van der Waals surface area contributed by atoms with Crippen LogP contribution in [-0.4, -0.2) is 18.4 Å². The summed E-state index contributed by atoms with van der Waals surface area (Å²) >= 11 is 5.32. The molecular formula is C22H27N3OS. The predicted octanol–water partition coefficient (Wildman–Crippen LogP) is 5.63. The highest BCUT2D eigenvalue weighted by atomic mass is 32.1. The third kappa shape index (κ3) is 7.62. The van der Waals surface area contributed by atoms with Gasteiger partial charge in [-0.05, 0) is 48.3 Å². The van der Waals surface area contributed by atoms with E-state index in [1.807, 2.05) is 48.7 Å². The Morgan fingerprint density at radius 1 is 1.07 bits per heavy atom. The van der Waals surface area contributed by atoms with E-state index >= 15 is 0 Å². The fraction of sp³-hybridized carbons (Fsp3) is 0.273. The van der Waals surface area contributed by atoms with Crippen molar-refractivity contribution in [3.05, 3.63) is 65.7 Å². The molecule has 0 aliphatic carbocycles. The molecule has 5 heteroatoms. The van der Waals surface area contributed by atoms with Crippen molar-refractivity contribution in [1.82, 2.24) is 5.43 Å². The van der Waals surface area contributed by atoms with Gasteiger partial charge in [-0.15, -0.1) is 0 Å². The minimum atomic E-state index is 0.420. The predicted molar refractivity (Wildman–Crippen MR) is 119 cm³/mol. The third-order valence-corrected chi connectivity index (χ3v) is 4.17. The van der Waals surface area contributed by atoms with Crippen LogP contribution in [0.3, 0.4) is 0 Å². The molecule has 0 atom stereocenters. The average Bonchev–Trinajstić information content (AvgIpc) is 2.69. The van der Waals surface area contributed by atoms with Gasteiger partial charge in [0, 0.05) is 0 Å². The van der Waals surface area contributed by atoms with Crippen LogP contribution >= 0.6 is 12.2 Å². The van der Waals surface area contributed by atoms with Crippen LogP contribution in [-0.2, 0) is 0 Å². The summed E-state index contributed by atoms with van der Waals surface area (Å²) in [7, 11) is 1.63. The topological polar surface area (TPSA) is 45.7 Å². The summed E-state index contributed by atoms with van der Waals surface area (Å²) in [5.74, 6) is 0.731. The molecule has 2 aromatic carbocycles. The quantitative estimate of drug-likeness (QED) is 0.256. The third-order valence-electron chi connectivity index (χ3n) is 3.97. The van der Waals surface area contributed by atoms with E-state index in [1.54, 1.807) is 7.11 Å². The number of allylic oxidation sites excluding steroid dienone is 1. The van der Waals surface area contributed by atoms with E-state index in [0.717, 1.165) is 24.3 Å². The summed E-state index contributed by atoms with van der Waals surface area (Å²) in [5.41, 5.74) is 6.02. The fourth-order valence-corrected chi connectivity index (χ4v) is 2.75. The highest BCUT2D eigenvalue weighted by molar-refractivity contribution is 7.80. The van der Waals surface area contributed by atoms with Gasteiger partial charge in [-0.1, -0.05) is 68.3 Å². The number of thiocarbonyl (C=S) groups is 1. The van der Waals surface area contributed by atoms with Gasteiger partial charge in [-0.25, -0.2) is 0 Å². The maximum absolute atomic E-state index is 5.32. The Hall–Kier alpha value is -2.66. The Labute approximate surface area is 167 Å². The fourth-order valence-electron chi connectivity index (χ4n) is 2.59. The zero-order chi connectivity index (χ0) is 19.3. The number of ether oxygens (including phenoxy) is 1. The first-order chi connectivity index (χ1) is 13.2. The molecule has 4 nitrogen and oxygen atoms in total. The number of unbranched alkanes of at least 4 members (excludes halogenated alkanes) is 2. The van der Waals surface area contributed by atoms with Crippen LogP contribution in [0.2, 0.25) is 0 Å². The number of methoxy groups -OCH3 is 1. The molecule has 0 saturated carbocycles. The Kier molecular flexibility index (Phi) is 9.07. The van der Waals surface area contributed by atoms with Crippen molar-refractivity contribution in [2.24, 2.45) is 5.10 Å². The number of para-hydroxylation sites is 2. The van der Waals surface area contributed by atoms with Crippen molar-refractivity contribution in [3.63, 3.8) is 0 Å². The lowest BCUT2D eigenvalue weighted by Crippen LogP contribution is -2.24. The second-order valence-corrected chi connectivity index (χ2v) is 6.52. The number of rotatable bonds is 9. The highest BCUT2D eigenvalue weighted by Gasteiger charge is 2.03.